The zero-order valence-corrected chi connectivity index (χ0v) is 15.8. The molecule has 138 valence electrons. The Morgan fingerprint density at radius 1 is 1.11 bits per heavy atom. The van der Waals surface area contributed by atoms with E-state index in [1.165, 1.54) is 7.11 Å². The minimum absolute atomic E-state index is 0.113. The Hall–Kier alpha value is -2.77. The van der Waals surface area contributed by atoms with Crippen LogP contribution in [0.5, 0.6) is 0 Å². The Bertz CT molecular complexity index is 910. The standard InChI is InChI=1S/C19H15ClN2O4S/c1-26-17(23)11-22-18(24)16(21-19(22)25)10-12-2-6-14(7-3-12)27-15-8-4-13(20)5-9-15/h2-10H,11H2,1H3,(H,21,25)/b16-10+. The molecule has 6 nitrogen and oxygen atoms in total. The number of carbonyl (C=O) groups excluding carboxylic acids is 3. The fourth-order valence-corrected chi connectivity index (χ4v) is 3.29. The Kier molecular flexibility index (Phi) is 5.83. The predicted octanol–water partition coefficient (Wildman–Crippen LogP) is 3.56. The molecule has 1 aliphatic heterocycles. The van der Waals surface area contributed by atoms with Crippen LogP contribution >= 0.6 is 23.4 Å². The number of methoxy groups -OCH3 is 1. The summed E-state index contributed by atoms with van der Waals surface area (Å²) in [7, 11) is 1.20. The van der Waals surface area contributed by atoms with E-state index in [0.717, 1.165) is 20.3 Å². The van der Waals surface area contributed by atoms with Crippen molar-refractivity contribution in [2.24, 2.45) is 0 Å². The molecule has 0 bridgehead atoms. The fourth-order valence-electron chi connectivity index (χ4n) is 2.35. The third-order valence-corrected chi connectivity index (χ3v) is 4.99. The summed E-state index contributed by atoms with van der Waals surface area (Å²) in [5.74, 6) is -1.23. The summed E-state index contributed by atoms with van der Waals surface area (Å²) in [6.07, 6.45) is 1.56. The molecule has 0 saturated carbocycles. The fraction of sp³-hybridized carbons (Fsp3) is 0.105. The molecule has 3 amide bonds. The van der Waals surface area contributed by atoms with E-state index in [9.17, 15) is 14.4 Å². The molecule has 3 rings (SSSR count). The van der Waals surface area contributed by atoms with Crippen LogP contribution in [-0.4, -0.2) is 36.5 Å². The number of esters is 1. The highest BCUT2D eigenvalue weighted by Crippen LogP contribution is 2.29. The van der Waals surface area contributed by atoms with Crippen molar-refractivity contribution in [3.05, 3.63) is 64.8 Å². The number of ether oxygens (including phenoxy) is 1. The normalized spacial score (nSPS) is 15.2. The smallest absolute Gasteiger partial charge is 0.329 e. The van der Waals surface area contributed by atoms with Gasteiger partial charge >= 0.3 is 12.0 Å². The molecule has 1 aliphatic rings. The van der Waals surface area contributed by atoms with Crippen LogP contribution in [0.1, 0.15) is 5.56 Å². The van der Waals surface area contributed by atoms with Crippen LogP contribution in [0.3, 0.4) is 0 Å². The number of halogens is 1. The van der Waals surface area contributed by atoms with Crippen molar-refractivity contribution >= 4 is 47.3 Å². The maximum Gasteiger partial charge on any atom is 0.329 e. The Morgan fingerprint density at radius 2 is 1.70 bits per heavy atom. The van der Waals surface area contributed by atoms with Crippen LogP contribution in [0, 0.1) is 0 Å². The molecular formula is C19H15ClN2O4S. The highest BCUT2D eigenvalue weighted by atomic mass is 35.5. The molecule has 2 aromatic carbocycles. The van der Waals surface area contributed by atoms with E-state index in [4.69, 9.17) is 11.6 Å². The van der Waals surface area contributed by atoms with Gasteiger partial charge in [-0.3, -0.25) is 9.59 Å². The first kappa shape index (κ1) is 19.0. The number of imide groups is 1. The number of hydrogen-bond acceptors (Lipinski definition) is 5. The van der Waals surface area contributed by atoms with Gasteiger partial charge in [-0.05, 0) is 48.0 Å². The summed E-state index contributed by atoms with van der Waals surface area (Å²) in [6.45, 7) is -0.421. The van der Waals surface area contributed by atoms with Gasteiger partial charge < -0.3 is 10.1 Å². The number of benzene rings is 2. The van der Waals surface area contributed by atoms with E-state index in [1.807, 2.05) is 48.5 Å². The summed E-state index contributed by atoms with van der Waals surface area (Å²) in [5, 5.41) is 3.15. The van der Waals surface area contributed by atoms with Gasteiger partial charge in [-0.25, -0.2) is 9.69 Å². The van der Waals surface area contributed by atoms with E-state index in [-0.39, 0.29) is 5.70 Å². The van der Waals surface area contributed by atoms with Gasteiger partial charge in [-0.15, -0.1) is 0 Å². The molecule has 2 aromatic rings. The second-order valence-electron chi connectivity index (χ2n) is 5.58. The number of nitrogens with zero attached hydrogens (tertiary/aromatic N) is 1. The molecule has 0 aromatic heterocycles. The molecule has 8 heteroatoms. The lowest BCUT2D eigenvalue weighted by atomic mass is 10.2. The molecule has 0 atom stereocenters. The van der Waals surface area contributed by atoms with Crippen molar-refractivity contribution in [2.75, 3.05) is 13.7 Å². The highest BCUT2D eigenvalue weighted by molar-refractivity contribution is 7.99. The van der Waals surface area contributed by atoms with E-state index >= 15 is 0 Å². The second-order valence-corrected chi connectivity index (χ2v) is 7.16. The SMILES string of the molecule is COC(=O)CN1C(=O)N/C(=C/c2ccc(Sc3ccc(Cl)cc3)cc2)C1=O. The molecule has 0 spiro atoms. The number of hydrogen-bond donors (Lipinski definition) is 1. The van der Waals surface area contributed by atoms with Crippen LogP contribution in [0.2, 0.25) is 5.02 Å². The van der Waals surface area contributed by atoms with Crippen molar-refractivity contribution in [2.45, 2.75) is 9.79 Å². The van der Waals surface area contributed by atoms with Crippen molar-refractivity contribution in [1.82, 2.24) is 10.2 Å². The van der Waals surface area contributed by atoms with E-state index < -0.39 is 24.5 Å². The maximum atomic E-state index is 12.3. The second kappa shape index (κ2) is 8.28. The average Bonchev–Trinajstić information content (AvgIpc) is 2.92. The number of rotatable bonds is 5. The lowest BCUT2D eigenvalue weighted by Crippen LogP contribution is -2.36. The van der Waals surface area contributed by atoms with Crippen molar-refractivity contribution in [1.29, 1.82) is 0 Å². The van der Waals surface area contributed by atoms with Crippen LogP contribution < -0.4 is 5.32 Å². The first-order valence-electron chi connectivity index (χ1n) is 7.91. The summed E-state index contributed by atoms with van der Waals surface area (Å²) in [5.41, 5.74) is 0.862. The molecule has 0 unspecified atom stereocenters. The molecule has 0 radical (unpaired) electrons. The van der Waals surface area contributed by atoms with Crippen LogP contribution in [0.15, 0.2) is 64.0 Å². The van der Waals surface area contributed by atoms with Crippen LogP contribution in [0.25, 0.3) is 6.08 Å². The van der Waals surface area contributed by atoms with Crippen molar-refractivity contribution in [3.8, 4) is 0 Å². The van der Waals surface area contributed by atoms with Gasteiger partial charge in [0.15, 0.2) is 0 Å². The average molecular weight is 403 g/mol. The first-order valence-corrected chi connectivity index (χ1v) is 9.10. The topological polar surface area (TPSA) is 75.7 Å². The molecule has 1 N–H and O–H groups in total. The summed E-state index contributed by atoms with van der Waals surface area (Å²) < 4.78 is 4.49. The number of amides is 3. The van der Waals surface area contributed by atoms with Gasteiger partial charge in [-0.2, -0.15) is 0 Å². The highest BCUT2D eigenvalue weighted by Gasteiger charge is 2.35. The van der Waals surface area contributed by atoms with Gasteiger partial charge in [0, 0.05) is 14.8 Å². The maximum absolute atomic E-state index is 12.3. The largest absolute Gasteiger partial charge is 0.468 e. The van der Waals surface area contributed by atoms with Gasteiger partial charge in [0.2, 0.25) is 0 Å². The van der Waals surface area contributed by atoms with Crippen LogP contribution in [-0.2, 0) is 14.3 Å². The van der Waals surface area contributed by atoms with E-state index in [1.54, 1.807) is 17.8 Å². The minimum atomic E-state index is -0.664. The third-order valence-electron chi connectivity index (χ3n) is 3.72. The lowest BCUT2D eigenvalue weighted by molar-refractivity contribution is -0.143. The van der Waals surface area contributed by atoms with Gasteiger partial charge in [0.25, 0.3) is 5.91 Å². The third kappa shape index (κ3) is 4.69. The van der Waals surface area contributed by atoms with E-state index in [2.05, 4.69) is 10.1 Å². The molecule has 1 fully saturated rings. The molecular weight excluding hydrogens is 388 g/mol. The Labute approximate surface area is 165 Å². The Balaban J connectivity index is 1.70. The Morgan fingerprint density at radius 3 is 2.30 bits per heavy atom. The first-order chi connectivity index (χ1) is 13.0. The zero-order valence-electron chi connectivity index (χ0n) is 14.3. The summed E-state index contributed by atoms with van der Waals surface area (Å²) in [4.78, 5) is 38.3. The van der Waals surface area contributed by atoms with Crippen molar-refractivity contribution < 1.29 is 19.1 Å². The zero-order chi connectivity index (χ0) is 19.4. The van der Waals surface area contributed by atoms with E-state index in [0.29, 0.717) is 5.02 Å². The number of urea groups is 1. The minimum Gasteiger partial charge on any atom is -0.468 e. The summed E-state index contributed by atoms with van der Waals surface area (Å²) in [6, 6.07) is 14.4. The monoisotopic (exact) mass is 402 g/mol. The van der Waals surface area contributed by atoms with Crippen LogP contribution in [0.4, 0.5) is 4.79 Å². The van der Waals surface area contributed by atoms with Gasteiger partial charge in [0.1, 0.15) is 12.2 Å². The summed E-state index contributed by atoms with van der Waals surface area (Å²) >= 11 is 7.47. The molecule has 1 saturated heterocycles. The van der Waals surface area contributed by atoms with Crippen molar-refractivity contribution in [3.63, 3.8) is 0 Å². The number of nitrogens with one attached hydrogen (secondary N) is 1. The quantitative estimate of drug-likeness (QED) is 0.470. The predicted molar refractivity (Wildman–Crippen MR) is 102 cm³/mol. The molecule has 27 heavy (non-hydrogen) atoms. The molecule has 1 heterocycles. The van der Waals surface area contributed by atoms with Gasteiger partial charge in [0.05, 0.1) is 7.11 Å². The lowest BCUT2D eigenvalue weighted by Gasteiger charge is -2.09. The van der Waals surface area contributed by atoms with Gasteiger partial charge in [-0.1, -0.05) is 35.5 Å². The molecule has 0 aliphatic carbocycles. The number of carbonyl (C=O) groups is 3.